The van der Waals surface area contributed by atoms with Gasteiger partial charge in [-0.1, -0.05) is 28.1 Å². The smallest absolute Gasteiger partial charge is 0.276 e. The Bertz CT molecular complexity index is 637. The van der Waals surface area contributed by atoms with E-state index in [1.807, 2.05) is 29.2 Å². The lowest BCUT2D eigenvalue weighted by atomic mass is 10.0. The highest BCUT2D eigenvalue weighted by molar-refractivity contribution is 9.10. The van der Waals surface area contributed by atoms with Crippen LogP contribution in [0.5, 0.6) is 0 Å². The van der Waals surface area contributed by atoms with Gasteiger partial charge in [0, 0.05) is 17.6 Å². The molecule has 3 rings (SSSR count). The van der Waals surface area contributed by atoms with Crippen molar-refractivity contribution >= 4 is 21.8 Å². The molecular formula is C15H17BrN4O. The second-order valence-corrected chi connectivity index (χ2v) is 6.44. The van der Waals surface area contributed by atoms with Crippen LogP contribution in [0.1, 0.15) is 30.3 Å². The van der Waals surface area contributed by atoms with Crippen LogP contribution in [0.3, 0.4) is 0 Å². The quantitative estimate of drug-likeness (QED) is 0.838. The molecule has 0 radical (unpaired) electrons. The van der Waals surface area contributed by atoms with Gasteiger partial charge in [0.05, 0.1) is 11.9 Å². The second-order valence-electron chi connectivity index (χ2n) is 5.52. The van der Waals surface area contributed by atoms with Crippen LogP contribution in [0.4, 0.5) is 0 Å². The van der Waals surface area contributed by atoms with Gasteiger partial charge in [0.15, 0.2) is 5.69 Å². The average Bonchev–Trinajstić information content (AvgIpc) is 2.97. The van der Waals surface area contributed by atoms with E-state index in [9.17, 15) is 4.79 Å². The maximum Gasteiger partial charge on any atom is 0.276 e. The Hall–Kier alpha value is -1.69. The lowest BCUT2D eigenvalue weighted by Crippen LogP contribution is -2.39. The van der Waals surface area contributed by atoms with Crippen molar-refractivity contribution in [1.29, 1.82) is 0 Å². The molecule has 0 bridgehead atoms. The van der Waals surface area contributed by atoms with Gasteiger partial charge in [-0.05, 0) is 43.0 Å². The average molecular weight is 349 g/mol. The molecule has 5 nitrogen and oxygen atoms in total. The highest BCUT2D eigenvalue weighted by atomic mass is 79.9. The Balaban J connectivity index is 1.78. The van der Waals surface area contributed by atoms with Crippen molar-refractivity contribution in [2.75, 3.05) is 13.1 Å². The summed E-state index contributed by atoms with van der Waals surface area (Å²) in [6.45, 7) is 3.80. The lowest BCUT2D eigenvalue weighted by Gasteiger charge is -2.30. The van der Waals surface area contributed by atoms with Crippen molar-refractivity contribution in [1.82, 2.24) is 19.9 Å². The fraction of sp³-hybridized carbons (Fsp3) is 0.400. The number of carbonyl (C=O) groups is 1. The largest absolute Gasteiger partial charge is 0.337 e. The molecule has 2 aromatic rings. The summed E-state index contributed by atoms with van der Waals surface area (Å²) < 4.78 is 2.64. The van der Waals surface area contributed by atoms with Gasteiger partial charge >= 0.3 is 0 Å². The van der Waals surface area contributed by atoms with Gasteiger partial charge in [-0.15, -0.1) is 5.10 Å². The number of carbonyl (C=O) groups excluding carboxylic acids is 1. The molecule has 1 aliphatic rings. The number of halogens is 1. The van der Waals surface area contributed by atoms with Crippen LogP contribution in [0.15, 0.2) is 34.9 Å². The summed E-state index contributed by atoms with van der Waals surface area (Å²) in [7, 11) is 0. The predicted octanol–water partition coefficient (Wildman–Crippen LogP) is 2.90. The van der Waals surface area contributed by atoms with Gasteiger partial charge in [-0.3, -0.25) is 4.79 Å². The van der Waals surface area contributed by atoms with Gasteiger partial charge in [-0.2, -0.15) is 0 Å². The van der Waals surface area contributed by atoms with E-state index in [0.29, 0.717) is 11.6 Å². The van der Waals surface area contributed by atoms with Gasteiger partial charge < -0.3 is 4.90 Å². The fourth-order valence-electron chi connectivity index (χ4n) is 2.62. The number of hydrogen-bond donors (Lipinski definition) is 0. The summed E-state index contributed by atoms with van der Waals surface area (Å²) in [5.41, 5.74) is 1.30. The third kappa shape index (κ3) is 3.15. The first-order valence-corrected chi connectivity index (χ1v) is 7.90. The van der Waals surface area contributed by atoms with Crippen LogP contribution in [-0.4, -0.2) is 38.9 Å². The summed E-state index contributed by atoms with van der Waals surface area (Å²) in [6.07, 6.45) is 3.95. The molecule has 110 valence electrons. The number of likely N-dealkylation sites (tertiary alicyclic amines) is 1. The zero-order valence-electron chi connectivity index (χ0n) is 11.9. The van der Waals surface area contributed by atoms with Crippen LogP contribution in [0, 0.1) is 5.92 Å². The van der Waals surface area contributed by atoms with Gasteiger partial charge in [0.1, 0.15) is 0 Å². The number of rotatable bonds is 2. The Morgan fingerprint density at radius 3 is 2.81 bits per heavy atom. The molecule has 1 saturated heterocycles. The number of nitrogens with zero attached hydrogens (tertiary/aromatic N) is 4. The molecule has 1 aromatic heterocycles. The zero-order chi connectivity index (χ0) is 14.8. The molecule has 1 unspecified atom stereocenters. The molecule has 21 heavy (non-hydrogen) atoms. The second kappa shape index (κ2) is 5.97. The van der Waals surface area contributed by atoms with Gasteiger partial charge in [0.25, 0.3) is 5.91 Å². The van der Waals surface area contributed by atoms with Crippen molar-refractivity contribution in [2.45, 2.75) is 19.8 Å². The van der Waals surface area contributed by atoms with Crippen molar-refractivity contribution in [3.8, 4) is 5.69 Å². The van der Waals surface area contributed by atoms with E-state index >= 15 is 0 Å². The molecule has 1 amide bonds. The van der Waals surface area contributed by atoms with E-state index in [1.54, 1.807) is 10.9 Å². The van der Waals surface area contributed by atoms with Gasteiger partial charge in [-0.25, -0.2) is 4.68 Å². The molecular weight excluding hydrogens is 332 g/mol. The summed E-state index contributed by atoms with van der Waals surface area (Å²) in [4.78, 5) is 14.3. The van der Waals surface area contributed by atoms with Crippen LogP contribution in [-0.2, 0) is 0 Å². The molecule has 1 aromatic carbocycles. The van der Waals surface area contributed by atoms with Crippen molar-refractivity contribution in [3.05, 3.63) is 40.6 Å². The molecule has 1 fully saturated rings. The molecule has 0 spiro atoms. The van der Waals surface area contributed by atoms with E-state index in [0.717, 1.165) is 29.7 Å². The number of amides is 1. The summed E-state index contributed by atoms with van der Waals surface area (Å²) in [5, 5.41) is 8.08. The molecule has 1 atom stereocenters. The first kappa shape index (κ1) is 14.3. The van der Waals surface area contributed by atoms with Crippen LogP contribution >= 0.6 is 15.9 Å². The van der Waals surface area contributed by atoms with Crippen LogP contribution < -0.4 is 0 Å². The maximum atomic E-state index is 12.4. The fourth-order valence-corrected chi connectivity index (χ4v) is 2.88. The SMILES string of the molecule is CC1CCCN(C(=O)c2cn(-c3ccc(Br)cc3)nn2)C1. The minimum absolute atomic E-state index is 0.0232. The van der Waals surface area contributed by atoms with Crippen molar-refractivity contribution in [3.63, 3.8) is 0 Å². The third-order valence-electron chi connectivity index (χ3n) is 3.75. The normalized spacial score (nSPS) is 18.8. The Morgan fingerprint density at radius 2 is 2.10 bits per heavy atom. The lowest BCUT2D eigenvalue weighted by molar-refractivity contribution is 0.0677. The molecule has 0 saturated carbocycles. The minimum atomic E-state index is -0.0232. The minimum Gasteiger partial charge on any atom is -0.337 e. The molecule has 0 aliphatic carbocycles. The van der Waals surface area contributed by atoms with Crippen LogP contribution in [0.25, 0.3) is 5.69 Å². The summed E-state index contributed by atoms with van der Waals surface area (Å²) in [5.74, 6) is 0.536. The Labute approximate surface area is 132 Å². The molecule has 1 aliphatic heterocycles. The van der Waals surface area contributed by atoms with E-state index in [2.05, 4.69) is 33.2 Å². The highest BCUT2D eigenvalue weighted by Crippen LogP contribution is 2.18. The Morgan fingerprint density at radius 1 is 1.33 bits per heavy atom. The van der Waals surface area contributed by atoms with Gasteiger partial charge in [0.2, 0.25) is 0 Å². The summed E-state index contributed by atoms with van der Waals surface area (Å²) in [6, 6.07) is 7.72. The van der Waals surface area contributed by atoms with E-state index in [-0.39, 0.29) is 5.91 Å². The Kier molecular flexibility index (Phi) is 4.05. The van der Waals surface area contributed by atoms with E-state index in [1.165, 1.54) is 6.42 Å². The first-order valence-electron chi connectivity index (χ1n) is 7.11. The molecule has 6 heteroatoms. The third-order valence-corrected chi connectivity index (χ3v) is 4.28. The standard InChI is InChI=1S/C15H17BrN4O/c1-11-3-2-8-19(9-11)15(21)14-10-20(18-17-14)13-6-4-12(16)5-7-13/h4-7,10-11H,2-3,8-9H2,1H3. The van der Waals surface area contributed by atoms with E-state index < -0.39 is 0 Å². The predicted molar refractivity (Wildman–Crippen MR) is 83.4 cm³/mol. The van der Waals surface area contributed by atoms with Crippen molar-refractivity contribution < 1.29 is 4.79 Å². The number of hydrogen-bond acceptors (Lipinski definition) is 3. The number of benzene rings is 1. The first-order chi connectivity index (χ1) is 10.1. The monoisotopic (exact) mass is 348 g/mol. The molecule has 0 N–H and O–H groups in total. The number of piperidine rings is 1. The molecule has 2 heterocycles. The topological polar surface area (TPSA) is 51.0 Å². The summed E-state index contributed by atoms with van der Waals surface area (Å²) >= 11 is 3.40. The number of aromatic nitrogens is 3. The van der Waals surface area contributed by atoms with Crippen molar-refractivity contribution in [2.24, 2.45) is 5.92 Å². The van der Waals surface area contributed by atoms with Crippen LogP contribution in [0.2, 0.25) is 0 Å². The maximum absolute atomic E-state index is 12.4. The van der Waals surface area contributed by atoms with E-state index in [4.69, 9.17) is 0 Å². The zero-order valence-corrected chi connectivity index (χ0v) is 13.5. The highest BCUT2D eigenvalue weighted by Gasteiger charge is 2.24.